The number of rotatable bonds is 7. The lowest BCUT2D eigenvalue weighted by atomic mass is 10.0. The molecular weight excluding hydrogens is 211 g/mol. The third kappa shape index (κ3) is 5.34. The Kier molecular flexibility index (Phi) is 4.36. The number of ether oxygens (including phenoxy) is 1. The molecule has 0 spiro atoms. The van der Waals surface area contributed by atoms with Crippen LogP contribution in [0.3, 0.4) is 0 Å². The van der Waals surface area contributed by atoms with E-state index in [1.807, 2.05) is 0 Å². The highest BCUT2D eigenvalue weighted by Crippen LogP contribution is 2.47. The fourth-order valence-corrected chi connectivity index (χ4v) is 1.52. The van der Waals surface area contributed by atoms with Crippen molar-refractivity contribution in [2.75, 3.05) is 26.3 Å². The van der Waals surface area contributed by atoms with E-state index in [0.717, 1.165) is 19.3 Å². The largest absolute Gasteiger partial charge is 0.522 e. The average Bonchev–Trinajstić information content (AvgIpc) is 2.83. The van der Waals surface area contributed by atoms with E-state index in [9.17, 15) is 13.2 Å². The zero-order valence-corrected chi connectivity index (χ0v) is 8.44. The molecule has 1 rings (SSSR count). The first kappa shape index (κ1) is 12.7. The first-order valence-corrected chi connectivity index (χ1v) is 5.00. The van der Waals surface area contributed by atoms with Crippen LogP contribution in [0.4, 0.5) is 13.2 Å². The first-order chi connectivity index (χ1) is 6.97. The van der Waals surface area contributed by atoms with Gasteiger partial charge >= 0.3 is 6.36 Å². The van der Waals surface area contributed by atoms with E-state index < -0.39 is 6.36 Å². The van der Waals surface area contributed by atoms with E-state index in [-0.39, 0.29) is 25.2 Å². The van der Waals surface area contributed by atoms with Crippen molar-refractivity contribution in [1.29, 1.82) is 0 Å². The van der Waals surface area contributed by atoms with Gasteiger partial charge in [-0.15, -0.1) is 13.2 Å². The minimum Gasteiger partial charge on any atom is -0.396 e. The minimum absolute atomic E-state index is 0.132. The molecule has 0 aliphatic heterocycles. The first-order valence-electron chi connectivity index (χ1n) is 5.00. The zero-order chi connectivity index (χ0) is 11.4. The molecule has 1 saturated carbocycles. The predicted octanol–water partition coefficient (Wildman–Crippen LogP) is 1.27. The second-order valence-electron chi connectivity index (χ2n) is 3.94. The van der Waals surface area contributed by atoms with Gasteiger partial charge in [0.1, 0.15) is 0 Å². The molecule has 0 radical (unpaired) electrons. The molecule has 0 aromatic carbocycles. The van der Waals surface area contributed by atoms with Crippen LogP contribution in [0.15, 0.2) is 0 Å². The van der Waals surface area contributed by atoms with Gasteiger partial charge in [0.2, 0.25) is 0 Å². The van der Waals surface area contributed by atoms with Gasteiger partial charge < -0.3 is 10.4 Å². The maximum absolute atomic E-state index is 11.6. The Labute approximate surface area is 86.6 Å². The highest BCUT2D eigenvalue weighted by atomic mass is 19.4. The van der Waals surface area contributed by atoms with Crippen LogP contribution < -0.4 is 5.32 Å². The van der Waals surface area contributed by atoms with Crippen molar-refractivity contribution in [2.24, 2.45) is 5.41 Å². The van der Waals surface area contributed by atoms with Gasteiger partial charge in [-0.25, -0.2) is 0 Å². The van der Waals surface area contributed by atoms with Crippen LogP contribution >= 0.6 is 0 Å². The third-order valence-electron chi connectivity index (χ3n) is 2.64. The molecule has 0 heterocycles. The van der Waals surface area contributed by atoms with Crippen LogP contribution in [0.2, 0.25) is 0 Å². The average molecular weight is 227 g/mol. The van der Waals surface area contributed by atoms with E-state index in [4.69, 9.17) is 5.11 Å². The number of nitrogens with one attached hydrogen (secondary N) is 1. The van der Waals surface area contributed by atoms with Crippen molar-refractivity contribution in [3.05, 3.63) is 0 Å². The molecule has 2 N–H and O–H groups in total. The standard InChI is InChI=1S/C9H16F3NO2/c10-9(11,12)15-6-4-13-7-8(1-2-8)3-5-14/h13-14H,1-7H2. The van der Waals surface area contributed by atoms with E-state index in [0.29, 0.717) is 6.54 Å². The van der Waals surface area contributed by atoms with Crippen LogP contribution in [0.1, 0.15) is 19.3 Å². The number of aliphatic hydroxyl groups is 1. The molecule has 90 valence electrons. The van der Waals surface area contributed by atoms with Crippen molar-refractivity contribution >= 4 is 0 Å². The monoisotopic (exact) mass is 227 g/mol. The topological polar surface area (TPSA) is 41.5 Å². The van der Waals surface area contributed by atoms with Crippen LogP contribution in [0.25, 0.3) is 0 Å². The molecule has 0 aromatic rings. The molecule has 0 saturated heterocycles. The van der Waals surface area contributed by atoms with Gasteiger partial charge in [0.15, 0.2) is 0 Å². The van der Waals surface area contributed by atoms with Gasteiger partial charge in [-0.1, -0.05) is 0 Å². The summed E-state index contributed by atoms with van der Waals surface area (Å²) < 4.78 is 38.3. The molecule has 6 heteroatoms. The maximum Gasteiger partial charge on any atom is 0.522 e. The maximum atomic E-state index is 11.6. The Morgan fingerprint density at radius 3 is 2.47 bits per heavy atom. The lowest BCUT2D eigenvalue weighted by Gasteiger charge is -2.14. The molecule has 0 unspecified atom stereocenters. The summed E-state index contributed by atoms with van der Waals surface area (Å²) in [5.41, 5.74) is 0.132. The normalized spacial score (nSPS) is 19.2. The van der Waals surface area contributed by atoms with Crippen molar-refractivity contribution in [3.8, 4) is 0 Å². The van der Waals surface area contributed by atoms with E-state index >= 15 is 0 Å². The van der Waals surface area contributed by atoms with E-state index in [1.54, 1.807) is 0 Å². The molecule has 0 bridgehead atoms. The second kappa shape index (κ2) is 5.14. The number of hydrogen-bond acceptors (Lipinski definition) is 3. The Bertz CT molecular complexity index is 192. The Morgan fingerprint density at radius 2 is 2.00 bits per heavy atom. The van der Waals surface area contributed by atoms with Gasteiger partial charge in [0.25, 0.3) is 0 Å². The lowest BCUT2D eigenvalue weighted by molar-refractivity contribution is -0.323. The van der Waals surface area contributed by atoms with Gasteiger partial charge in [0, 0.05) is 19.7 Å². The Morgan fingerprint density at radius 1 is 1.33 bits per heavy atom. The number of hydrogen-bond donors (Lipinski definition) is 2. The Hall–Kier alpha value is -0.330. The van der Waals surface area contributed by atoms with Crippen LogP contribution in [0.5, 0.6) is 0 Å². The van der Waals surface area contributed by atoms with Gasteiger partial charge in [-0.05, 0) is 24.7 Å². The minimum atomic E-state index is -4.54. The highest BCUT2D eigenvalue weighted by molar-refractivity contribution is 4.94. The molecule has 1 aliphatic carbocycles. The molecule has 15 heavy (non-hydrogen) atoms. The number of aliphatic hydroxyl groups excluding tert-OH is 1. The summed E-state index contributed by atoms with van der Waals surface area (Å²) in [6.07, 6.45) is -1.73. The summed E-state index contributed by atoms with van der Waals surface area (Å²) in [5.74, 6) is 0. The quantitative estimate of drug-likeness (QED) is 0.644. The van der Waals surface area contributed by atoms with Gasteiger partial charge in [-0.2, -0.15) is 0 Å². The SMILES string of the molecule is OCCC1(CNCCOC(F)(F)F)CC1. The summed E-state index contributed by atoms with van der Waals surface area (Å²) in [6.45, 7) is 0.626. The van der Waals surface area contributed by atoms with Gasteiger partial charge in [-0.3, -0.25) is 4.74 Å². The van der Waals surface area contributed by atoms with Crippen molar-refractivity contribution < 1.29 is 23.0 Å². The molecule has 0 atom stereocenters. The smallest absolute Gasteiger partial charge is 0.396 e. The number of halogens is 3. The zero-order valence-electron chi connectivity index (χ0n) is 8.44. The molecule has 1 fully saturated rings. The van der Waals surface area contributed by atoms with Crippen molar-refractivity contribution in [2.45, 2.75) is 25.6 Å². The van der Waals surface area contributed by atoms with E-state index in [2.05, 4.69) is 10.1 Å². The van der Waals surface area contributed by atoms with Crippen LogP contribution in [-0.4, -0.2) is 37.8 Å². The fraction of sp³-hybridized carbons (Fsp3) is 1.00. The molecule has 0 amide bonds. The van der Waals surface area contributed by atoms with Crippen LogP contribution in [0, 0.1) is 5.41 Å². The van der Waals surface area contributed by atoms with Crippen LogP contribution in [-0.2, 0) is 4.74 Å². The Balaban J connectivity index is 1.98. The van der Waals surface area contributed by atoms with Crippen molar-refractivity contribution in [1.82, 2.24) is 5.32 Å². The molecule has 1 aliphatic rings. The molecule has 3 nitrogen and oxygen atoms in total. The lowest BCUT2D eigenvalue weighted by Crippen LogP contribution is -2.29. The fourth-order valence-electron chi connectivity index (χ4n) is 1.52. The summed E-state index contributed by atoms with van der Waals surface area (Å²) in [7, 11) is 0. The highest BCUT2D eigenvalue weighted by Gasteiger charge is 2.41. The summed E-state index contributed by atoms with van der Waals surface area (Å²) in [4.78, 5) is 0. The van der Waals surface area contributed by atoms with E-state index in [1.165, 1.54) is 0 Å². The summed E-state index contributed by atoms with van der Waals surface area (Å²) in [6, 6.07) is 0. The second-order valence-corrected chi connectivity index (χ2v) is 3.94. The predicted molar refractivity (Wildman–Crippen MR) is 48.2 cm³/mol. The molecular formula is C9H16F3NO2. The molecule has 0 aromatic heterocycles. The summed E-state index contributed by atoms with van der Waals surface area (Å²) in [5, 5.41) is 11.7. The summed E-state index contributed by atoms with van der Waals surface area (Å²) >= 11 is 0. The van der Waals surface area contributed by atoms with Gasteiger partial charge in [0.05, 0.1) is 6.61 Å². The number of alkyl halides is 3. The third-order valence-corrected chi connectivity index (χ3v) is 2.64. The van der Waals surface area contributed by atoms with Crippen molar-refractivity contribution in [3.63, 3.8) is 0 Å².